The third-order valence-electron chi connectivity index (χ3n) is 10.6. The average Bonchev–Trinajstić information content (AvgIpc) is 3.62. The fourth-order valence-electron chi connectivity index (χ4n) is 7.91. The molecule has 0 aliphatic heterocycles. The van der Waals surface area contributed by atoms with Crippen molar-refractivity contribution < 1.29 is 4.42 Å². The van der Waals surface area contributed by atoms with Crippen molar-refractivity contribution in [3.8, 4) is 33.6 Å². The van der Waals surface area contributed by atoms with Crippen LogP contribution in [-0.2, 0) is 0 Å². The monoisotopic (exact) mass is 681 g/mol. The van der Waals surface area contributed by atoms with Gasteiger partial charge in [-0.1, -0.05) is 152 Å². The Morgan fingerprint density at radius 2 is 1.30 bits per heavy atom. The molecule has 252 valence electrons. The van der Waals surface area contributed by atoms with E-state index in [2.05, 4.69) is 158 Å². The first-order valence-corrected chi connectivity index (χ1v) is 18.4. The molecule has 1 atom stereocenters. The van der Waals surface area contributed by atoms with Crippen molar-refractivity contribution in [2.75, 3.05) is 0 Å². The van der Waals surface area contributed by atoms with Crippen molar-refractivity contribution >= 4 is 43.9 Å². The minimum atomic E-state index is 0.244. The van der Waals surface area contributed by atoms with Crippen LogP contribution in [0.4, 0.5) is 0 Å². The van der Waals surface area contributed by atoms with E-state index in [0.29, 0.717) is 17.5 Å². The Morgan fingerprint density at radius 3 is 2.15 bits per heavy atom. The van der Waals surface area contributed by atoms with Crippen LogP contribution in [-0.4, -0.2) is 15.0 Å². The second-order valence-corrected chi connectivity index (χ2v) is 13.8. The molecule has 2 aliphatic carbocycles. The fourth-order valence-corrected chi connectivity index (χ4v) is 7.91. The minimum absolute atomic E-state index is 0.244. The van der Waals surface area contributed by atoms with Crippen LogP contribution in [0.1, 0.15) is 42.4 Å². The molecule has 1 unspecified atom stereocenters. The van der Waals surface area contributed by atoms with E-state index in [1.165, 1.54) is 27.5 Å². The molecular formula is C49H35N3O. The predicted octanol–water partition coefficient (Wildman–Crippen LogP) is 12.8. The molecule has 6 aromatic carbocycles. The smallest absolute Gasteiger partial charge is 0.165 e. The largest absolute Gasteiger partial charge is 0.456 e. The molecule has 4 heteroatoms. The van der Waals surface area contributed by atoms with Gasteiger partial charge in [-0.25, -0.2) is 15.0 Å². The number of hydrogen-bond acceptors (Lipinski definition) is 4. The first-order valence-electron chi connectivity index (χ1n) is 18.4. The normalized spacial score (nSPS) is 15.6. The average molecular weight is 682 g/mol. The summed E-state index contributed by atoms with van der Waals surface area (Å²) in [5.41, 5.74) is 10.5. The van der Waals surface area contributed by atoms with Gasteiger partial charge in [0.05, 0.1) is 0 Å². The first-order chi connectivity index (χ1) is 26.3. The molecule has 2 aliphatic rings. The van der Waals surface area contributed by atoms with Crippen LogP contribution in [0.15, 0.2) is 174 Å². The van der Waals surface area contributed by atoms with Crippen LogP contribution < -0.4 is 0 Å². The zero-order chi connectivity index (χ0) is 35.1. The number of rotatable bonds is 6. The molecule has 0 radical (unpaired) electrons. The van der Waals surface area contributed by atoms with Gasteiger partial charge >= 0.3 is 0 Å². The number of hydrogen-bond donors (Lipinski definition) is 0. The summed E-state index contributed by atoms with van der Waals surface area (Å²) in [6, 6.07) is 47.1. The summed E-state index contributed by atoms with van der Waals surface area (Å²) in [5.74, 6) is 2.28. The van der Waals surface area contributed by atoms with Crippen molar-refractivity contribution in [2.24, 2.45) is 0 Å². The topological polar surface area (TPSA) is 51.8 Å². The van der Waals surface area contributed by atoms with Crippen LogP contribution in [0.5, 0.6) is 0 Å². The highest BCUT2D eigenvalue weighted by molar-refractivity contribution is 6.15. The van der Waals surface area contributed by atoms with Crippen LogP contribution >= 0.6 is 0 Å². The van der Waals surface area contributed by atoms with E-state index < -0.39 is 0 Å². The molecule has 2 heterocycles. The highest BCUT2D eigenvalue weighted by Crippen LogP contribution is 2.43. The summed E-state index contributed by atoms with van der Waals surface area (Å²) >= 11 is 0. The second kappa shape index (κ2) is 13.2. The Balaban J connectivity index is 1.19. The number of aromatic nitrogens is 3. The lowest BCUT2D eigenvalue weighted by molar-refractivity contribution is 0.669. The van der Waals surface area contributed by atoms with Crippen molar-refractivity contribution in [1.29, 1.82) is 0 Å². The van der Waals surface area contributed by atoms with E-state index >= 15 is 0 Å². The minimum Gasteiger partial charge on any atom is -0.456 e. The van der Waals surface area contributed by atoms with E-state index in [1.807, 2.05) is 12.1 Å². The number of furan rings is 1. The molecular weight excluding hydrogens is 647 g/mol. The number of benzene rings is 6. The van der Waals surface area contributed by atoms with Crippen molar-refractivity contribution in [1.82, 2.24) is 15.0 Å². The fraction of sp³-hybridized carbons (Fsp3) is 0.0816. The van der Waals surface area contributed by atoms with E-state index in [1.54, 1.807) is 0 Å². The van der Waals surface area contributed by atoms with Crippen LogP contribution in [0.25, 0.3) is 77.5 Å². The third kappa shape index (κ3) is 5.69. The lowest BCUT2D eigenvalue weighted by Crippen LogP contribution is -2.08. The quantitative estimate of drug-likeness (QED) is 0.175. The molecule has 10 rings (SSSR count). The van der Waals surface area contributed by atoms with Gasteiger partial charge in [0.1, 0.15) is 11.2 Å². The summed E-state index contributed by atoms with van der Waals surface area (Å²) < 4.78 is 6.47. The molecule has 2 aromatic heterocycles. The Kier molecular flexibility index (Phi) is 7.72. The standard InChI is InChI=1S/C49H35N3O/c1-3-13-32(14-4-1)37-19-11-20-38(31-37)48-50-47(36-16-5-2-6-17-36)51-49(52-48)46-41(29-30-44-45(46)42-22-9-10-24-43(42)53-44)35-27-25-34(26-28-35)40-23-12-18-33-15-7-8-21-39(33)40/h1-5,7-16,18,20-31,37H,6,17,19H2. The highest BCUT2D eigenvalue weighted by Gasteiger charge is 2.24. The Bertz CT molecular complexity index is 2800. The molecule has 0 N–H and O–H groups in total. The molecule has 0 amide bonds. The summed E-state index contributed by atoms with van der Waals surface area (Å²) in [6.45, 7) is 0. The number of fused-ring (bicyclic) bond motifs is 4. The molecule has 0 saturated heterocycles. The number of allylic oxidation sites excluding steroid dienone is 8. The van der Waals surface area contributed by atoms with Gasteiger partial charge in [0.25, 0.3) is 0 Å². The predicted molar refractivity (Wildman–Crippen MR) is 218 cm³/mol. The molecule has 0 bridgehead atoms. The summed E-state index contributed by atoms with van der Waals surface area (Å²) in [4.78, 5) is 15.8. The van der Waals surface area contributed by atoms with Crippen LogP contribution in [0, 0.1) is 0 Å². The van der Waals surface area contributed by atoms with Crippen molar-refractivity contribution in [3.05, 3.63) is 187 Å². The first kappa shape index (κ1) is 31.1. The zero-order valence-corrected chi connectivity index (χ0v) is 29.1. The van der Waals surface area contributed by atoms with Crippen molar-refractivity contribution in [3.63, 3.8) is 0 Å². The Morgan fingerprint density at radius 1 is 0.566 bits per heavy atom. The van der Waals surface area contributed by atoms with E-state index in [0.717, 1.165) is 69.0 Å². The molecule has 53 heavy (non-hydrogen) atoms. The van der Waals surface area contributed by atoms with Gasteiger partial charge in [0.15, 0.2) is 17.5 Å². The molecule has 0 saturated carbocycles. The maximum atomic E-state index is 6.47. The van der Waals surface area contributed by atoms with Gasteiger partial charge in [-0.15, -0.1) is 0 Å². The molecule has 0 fully saturated rings. The summed E-state index contributed by atoms with van der Waals surface area (Å²) in [7, 11) is 0. The van der Waals surface area contributed by atoms with E-state index in [-0.39, 0.29) is 5.92 Å². The summed E-state index contributed by atoms with van der Waals surface area (Å²) in [5, 5.41) is 4.52. The Labute approximate surface area is 308 Å². The lowest BCUT2D eigenvalue weighted by Gasteiger charge is -2.18. The maximum absolute atomic E-state index is 6.47. The van der Waals surface area contributed by atoms with Gasteiger partial charge in [0.2, 0.25) is 0 Å². The lowest BCUT2D eigenvalue weighted by atomic mass is 9.89. The number of nitrogens with zero attached hydrogens (tertiary/aromatic N) is 3. The molecule has 4 nitrogen and oxygen atoms in total. The second-order valence-electron chi connectivity index (χ2n) is 13.8. The SMILES string of the molecule is C1=CCCC(c2nc(C3=CC(c4ccccc4)CC=C3)nc(-c3c(-c4ccc(-c5cccc6ccccc56)cc4)ccc4oc5ccccc5c34)n2)=C1. The van der Waals surface area contributed by atoms with E-state index in [4.69, 9.17) is 19.4 Å². The van der Waals surface area contributed by atoms with E-state index in [9.17, 15) is 0 Å². The highest BCUT2D eigenvalue weighted by atomic mass is 16.3. The van der Waals surface area contributed by atoms with Gasteiger partial charge in [-0.05, 0) is 81.6 Å². The number of para-hydroxylation sites is 1. The van der Waals surface area contributed by atoms with Gasteiger partial charge in [-0.3, -0.25) is 0 Å². The van der Waals surface area contributed by atoms with Gasteiger partial charge < -0.3 is 4.42 Å². The van der Waals surface area contributed by atoms with Crippen LogP contribution in [0.2, 0.25) is 0 Å². The summed E-state index contributed by atoms with van der Waals surface area (Å²) in [6.07, 6.45) is 15.9. The Hall–Kier alpha value is -6.65. The zero-order valence-electron chi connectivity index (χ0n) is 29.1. The molecule has 8 aromatic rings. The molecule has 0 spiro atoms. The van der Waals surface area contributed by atoms with Crippen LogP contribution in [0.3, 0.4) is 0 Å². The van der Waals surface area contributed by atoms with Gasteiger partial charge in [0, 0.05) is 27.8 Å². The van der Waals surface area contributed by atoms with Gasteiger partial charge in [-0.2, -0.15) is 0 Å². The maximum Gasteiger partial charge on any atom is 0.165 e. The third-order valence-corrected chi connectivity index (χ3v) is 10.6. The van der Waals surface area contributed by atoms with Crippen molar-refractivity contribution in [2.45, 2.75) is 25.2 Å².